The molecule has 5 nitrogen and oxygen atoms in total. The second kappa shape index (κ2) is 5.19. The zero-order chi connectivity index (χ0) is 11.3. The first-order chi connectivity index (χ1) is 7.09. The molecule has 1 aromatic heterocycles. The molecule has 0 aromatic carbocycles. The molecule has 0 fully saturated rings. The number of furan rings is 1. The van der Waals surface area contributed by atoms with Gasteiger partial charge in [-0.05, 0) is 25.0 Å². The maximum Gasteiger partial charge on any atom is 0.325 e. The molecule has 2 N–H and O–H groups in total. The predicted molar refractivity (Wildman–Crippen MR) is 52.3 cm³/mol. The van der Waals surface area contributed by atoms with Gasteiger partial charge in [-0.15, -0.1) is 0 Å². The minimum Gasteiger partial charge on any atom is -0.480 e. The molecule has 5 heteroatoms. The Morgan fingerprint density at radius 2 is 2.33 bits per heavy atom. The van der Waals surface area contributed by atoms with Crippen LogP contribution in [0.1, 0.15) is 18.9 Å². The summed E-state index contributed by atoms with van der Waals surface area (Å²) in [6.07, 6.45) is 3.91. The van der Waals surface area contributed by atoms with E-state index in [0.717, 1.165) is 5.56 Å². The fourth-order valence-electron chi connectivity index (χ4n) is 1.07. The summed E-state index contributed by atoms with van der Waals surface area (Å²) < 4.78 is 4.84. The number of aliphatic carboxylic acids is 1. The molecule has 1 heterocycles. The van der Waals surface area contributed by atoms with Crippen LogP contribution in [-0.2, 0) is 16.0 Å². The highest BCUT2D eigenvalue weighted by Gasteiger charge is 2.13. The van der Waals surface area contributed by atoms with E-state index >= 15 is 0 Å². The van der Waals surface area contributed by atoms with Crippen LogP contribution in [0.4, 0.5) is 0 Å². The van der Waals surface area contributed by atoms with Crippen molar-refractivity contribution in [3.05, 3.63) is 24.2 Å². The lowest BCUT2D eigenvalue weighted by Gasteiger charge is -2.08. The average Bonchev–Trinajstić information content (AvgIpc) is 2.66. The van der Waals surface area contributed by atoms with Gasteiger partial charge in [0.15, 0.2) is 0 Å². The van der Waals surface area contributed by atoms with Crippen molar-refractivity contribution in [1.82, 2.24) is 5.32 Å². The molecule has 0 aliphatic carbocycles. The number of carboxylic acids is 1. The number of carboxylic acid groups (broad SMARTS) is 1. The van der Waals surface area contributed by atoms with E-state index in [9.17, 15) is 9.59 Å². The predicted octanol–water partition coefficient (Wildman–Crippen LogP) is 0.802. The van der Waals surface area contributed by atoms with Gasteiger partial charge >= 0.3 is 5.97 Å². The van der Waals surface area contributed by atoms with Gasteiger partial charge in [-0.25, -0.2) is 0 Å². The number of hydrogen-bond donors (Lipinski definition) is 2. The third-order valence-corrected chi connectivity index (χ3v) is 1.97. The summed E-state index contributed by atoms with van der Waals surface area (Å²) >= 11 is 0. The van der Waals surface area contributed by atoms with Crippen molar-refractivity contribution in [1.29, 1.82) is 0 Å². The van der Waals surface area contributed by atoms with Crippen LogP contribution >= 0.6 is 0 Å². The quantitative estimate of drug-likeness (QED) is 0.755. The SMILES string of the molecule is C[C@@H](NC(=O)CCc1ccoc1)C(=O)O. The van der Waals surface area contributed by atoms with E-state index in [-0.39, 0.29) is 12.3 Å². The zero-order valence-corrected chi connectivity index (χ0v) is 8.40. The van der Waals surface area contributed by atoms with E-state index in [1.807, 2.05) is 0 Å². The molecule has 82 valence electrons. The topological polar surface area (TPSA) is 79.5 Å². The first-order valence-electron chi connectivity index (χ1n) is 4.63. The normalized spacial score (nSPS) is 12.1. The highest BCUT2D eigenvalue weighted by atomic mass is 16.4. The number of carbonyl (C=O) groups excluding carboxylic acids is 1. The van der Waals surface area contributed by atoms with Crippen LogP contribution in [0.2, 0.25) is 0 Å². The van der Waals surface area contributed by atoms with Gasteiger partial charge in [-0.2, -0.15) is 0 Å². The lowest BCUT2D eigenvalue weighted by molar-refractivity contribution is -0.141. The van der Waals surface area contributed by atoms with Gasteiger partial charge in [0, 0.05) is 6.42 Å². The number of aryl methyl sites for hydroxylation is 1. The molecule has 1 aromatic rings. The standard InChI is InChI=1S/C10H13NO4/c1-7(10(13)14)11-9(12)3-2-8-4-5-15-6-8/h4-7H,2-3H2,1H3,(H,11,12)(H,13,14)/t7-/m1/s1. The first-order valence-corrected chi connectivity index (χ1v) is 4.63. The zero-order valence-electron chi connectivity index (χ0n) is 8.40. The molecule has 0 spiro atoms. The number of amides is 1. The Balaban J connectivity index is 2.28. The minimum absolute atomic E-state index is 0.261. The number of rotatable bonds is 5. The molecule has 0 bridgehead atoms. The van der Waals surface area contributed by atoms with Crippen LogP contribution in [-0.4, -0.2) is 23.0 Å². The third kappa shape index (κ3) is 3.84. The fraction of sp³-hybridized carbons (Fsp3) is 0.400. The van der Waals surface area contributed by atoms with E-state index in [4.69, 9.17) is 9.52 Å². The molecule has 0 aliphatic heterocycles. The second-order valence-corrected chi connectivity index (χ2v) is 3.26. The largest absolute Gasteiger partial charge is 0.480 e. The van der Waals surface area contributed by atoms with E-state index < -0.39 is 12.0 Å². The molecule has 1 rings (SSSR count). The van der Waals surface area contributed by atoms with Gasteiger partial charge in [0.2, 0.25) is 5.91 Å². The smallest absolute Gasteiger partial charge is 0.325 e. The molecule has 0 aliphatic rings. The van der Waals surface area contributed by atoms with Gasteiger partial charge in [-0.3, -0.25) is 9.59 Å². The molecular weight excluding hydrogens is 198 g/mol. The van der Waals surface area contributed by atoms with Crippen LogP contribution in [0.3, 0.4) is 0 Å². The molecule has 0 saturated heterocycles. The molecule has 0 radical (unpaired) electrons. The van der Waals surface area contributed by atoms with Gasteiger partial charge in [0.25, 0.3) is 0 Å². The lowest BCUT2D eigenvalue weighted by Crippen LogP contribution is -2.38. The van der Waals surface area contributed by atoms with Crippen LogP contribution in [0.5, 0.6) is 0 Å². The van der Waals surface area contributed by atoms with Crippen molar-refractivity contribution in [2.24, 2.45) is 0 Å². The number of carbonyl (C=O) groups is 2. The molecule has 1 atom stereocenters. The number of hydrogen-bond acceptors (Lipinski definition) is 3. The Bertz CT molecular complexity index is 331. The third-order valence-electron chi connectivity index (χ3n) is 1.97. The summed E-state index contributed by atoms with van der Waals surface area (Å²) in [5, 5.41) is 10.9. The van der Waals surface area contributed by atoms with Crippen LogP contribution in [0, 0.1) is 0 Å². The monoisotopic (exact) mass is 211 g/mol. The van der Waals surface area contributed by atoms with Crippen LogP contribution < -0.4 is 5.32 Å². The Morgan fingerprint density at radius 1 is 1.60 bits per heavy atom. The molecule has 15 heavy (non-hydrogen) atoms. The van der Waals surface area contributed by atoms with Crippen molar-refractivity contribution >= 4 is 11.9 Å². The second-order valence-electron chi connectivity index (χ2n) is 3.26. The summed E-state index contributed by atoms with van der Waals surface area (Å²) in [5.41, 5.74) is 0.924. The Labute approximate surface area is 87.1 Å². The molecule has 0 unspecified atom stereocenters. The first kappa shape index (κ1) is 11.3. The van der Waals surface area contributed by atoms with E-state index in [1.165, 1.54) is 13.2 Å². The van der Waals surface area contributed by atoms with Gasteiger partial charge in [-0.1, -0.05) is 0 Å². The van der Waals surface area contributed by atoms with Crippen molar-refractivity contribution < 1.29 is 19.1 Å². The lowest BCUT2D eigenvalue weighted by atomic mass is 10.2. The summed E-state index contributed by atoms with van der Waals surface area (Å²) in [6.45, 7) is 1.43. The van der Waals surface area contributed by atoms with Gasteiger partial charge < -0.3 is 14.8 Å². The Morgan fingerprint density at radius 3 is 2.87 bits per heavy atom. The fourth-order valence-corrected chi connectivity index (χ4v) is 1.07. The highest BCUT2D eigenvalue weighted by molar-refractivity contribution is 5.83. The van der Waals surface area contributed by atoms with E-state index in [1.54, 1.807) is 12.3 Å². The maximum absolute atomic E-state index is 11.2. The molecule has 1 amide bonds. The average molecular weight is 211 g/mol. The maximum atomic E-state index is 11.2. The molecular formula is C10H13NO4. The van der Waals surface area contributed by atoms with Crippen LogP contribution in [0.15, 0.2) is 23.0 Å². The number of nitrogens with one attached hydrogen (secondary N) is 1. The Hall–Kier alpha value is -1.78. The van der Waals surface area contributed by atoms with E-state index in [2.05, 4.69) is 5.32 Å². The minimum atomic E-state index is -1.04. The van der Waals surface area contributed by atoms with E-state index in [0.29, 0.717) is 6.42 Å². The summed E-state index contributed by atoms with van der Waals surface area (Å²) in [7, 11) is 0. The summed E-state index contributed by atoms with van der Waals surface area (Å²) in [4.78, 5) is 21.7. The Kier molecular flexibility index (Phi) is 3.91. The highest BCUT2D eigenvalue weighted by Crippen LogP contribution is 2.03. The summed E-state index contributed by atoms with van der Waals surface area (Å²) in [6, 6.07) is 0.926. The van der Waals surface area contributed by atoms with Crippen molar-refractivity contribution in [2.45, 2.75) is 25.8 Å². The van der Waals surface area contributed by atoms with Gasteiger partial charge in [0.05, 0.1) is 12.5 Å². The van der Waals surface area contributed by atoms with Crippen LogP contribution in [0.25, 0.3) is 0 Å². The van der Waals surface area contributed by atoms with Crippen molar-refractivity contribution in [3.8, 4) is 0 Å². The van der Waals surface area contributed by atoms with Crippen molar-refractivity contribution in [3.63, 3.8) is 0 Å². The molecule has 0 saturated carbocycles. The summed E-state index contributed by atoms with van der Waals surface area (Å²) in [5.74, 6) is -1.31. The van der Waals surface area contributed by atoms with Crippen molar-refractivity contribution in [2.75, 3.05) is 0 Å². The van der Waals surface area contributed by atoms with Gasteiger partial charge in [0.1, 0.15) is 6.04 Å².